The van der Waals surface area contributed by atoms with Gasteiger partial charge in [-0.05, 0) is 81.1 Å². The molecule has 4 aliphatic carbocycles. The third-order valence-electron chi connectivity index (χ3n) is 10.1. The molecule has 0 radical (unpaired) electrons. The zero-order chi connectivity index (χ0) is 20.6. The summed E-state index contributed by atoms with van der Waals surface area (Å²) in [4.78, 5) is 25.4. The molecular weight excluding hydrogens is 364 g/mol. The summed E-state index contributed by atoms with van der Waals surface area (Å²) < 4.78 is 11.8. The molecule has 29 heavy (non-hydrogen) atoms. The molecule has 0 amide bonds. The minimum atomic E-state index is -1.03. The van der Waals surface area contributed by atoms with Crippen LogP contribution in [-0.4, -0.2) is 24.1 Å². The van der Waals surface area contributed by atoms with Gasteiger partial charge in [-0.3, -0.25) is 9.59 Å². The molecule has 1 spiro atoms. The lowest BCUT2D eigenvalue weighted by Crippen LogP contribution is -2.67. The molecule has 0 N–H and O–H groups in total. The fourth-order valence-electron chi connectivity index (χ4n) is 8.78. The SMILES string of the molecule is CCCC1C2(OCO2)C(=O)C=C2CC[C@H]3[C@@H]4CC[C@H](C(C)=O)[C@@]4(C)CC[C@@H]3[C@]21C. The minimum absolute atomic E-state index is 0.0336. The summed E-state index contributed by atoms with van der Waals surface area (Å²) in [6, 6.07) is 0. The highest BCUT2D eigenvalue weighted by molar-refractivity contribution is 5.98. The van der Waals surface area contributed by atoms with Gasteiger partial charge in [-0.1, -0.05) is 32.8 Å². The number of rotatable bonds is 3. The van der Waals surface area contributed by atoms with E-state index in [-0.39, 0.29) is 35.2 Å². The van der Waals surface area contributed by atoms with Crippen molar-refractivity contribution in [1.82, 2.24) is 0 Å². The molecule has 160 valence electrons. The molecule has 4 heteroatoms. The highest BCUT2D eigenvalue weighted by Crippen LogP contribution is 2.69. The molecule has 0 bridgehead atoms. The Morgan fingerprint density at radius 3 is 2.52 bits per heavy atom. The zero-order valence-electron chi connectivity index (χ0n) is 18.5. The first-order chi connectivity index (χ1) is 13.8. The topological polar surface area (TPSA) is 52.6 Å². The Bertz CT molecular complexity index is 765. The third kappa shape index (κ3) is 2.39. The van der Waals surface area contributed by atoms with Crippen LogP contribution in [0.25, 0.3) is 0 Å². The number of ketones is 2. The lowest BCUT2D eigenvalue weighted by molar-refractivity contribution is -0.406. The standard InChI is InChI=1S/C25H36O4/c1-5-6-21-24(4)16(13-22(27)25(21)28-14-29-25)7-8-17-19-10-9-18(15(2)26)23(19,3)12-11-20(17)24/h13,17-21H,5-12,14H2,1-4H3/t17-,18+,19-,20-,21?,23+,24-/m0/s1. The van der Waals surface area contributed by atoms with Crippen LogP contribution in [0, 0.1) is 40.4 Å². The molecule has 1 unspecified atom stereocenters. The zero-order valence-corrected chi connectivity index (χ0v) is 18.5. The number of carbonyl (C=O) groups excluding carboxylic acids is 2. The summed E-state index contributed by atoms with van der Waals surface area (Å²) in [6.07, 6.45) is 10.6. The molecule has 1 saturated heterocycles. The smallest absolute Gasteiger partial charge is 0.240 e. The average Bonchev–Trinajstić information content (AvgIpc) is 2.99. The molecule has 0 aromatic carbocycles. The van der Waals surface area contributed by atoms with Crippen molar-refractivity contribution in [2.24, 2.45) is 40.4 Å². The van der Waals surface area contributed by atoms with E-state index in [4.69, 9.17) is 9.47 Å². The van der Waals surface area contributed by atoms with E-state index in [2.05, 4.69) is 20.8 Å². The van der Waals surface area contributed by atoms with Gasteiger partial charge >= 0.3 is 0 Å². The van der Waals surface area contributed by atoms with Crippen LogP contribution in [-0.2, 0) is 19.1 Å². The molecular formula is C25H36O4. The second kappa shape index (κ2) is 6.50. The van der Waals surface area contributed by atoms with Gasteiger partial charge in [0.15, 0.2) is 6.79 Å². The molecule has 0 aromatic rings. The maximum absolute atomic E-state index is 13.0. The van der Waals surface area contributed by atoms with E-state index in [9.17, 15) is 9.59 Å². The molecule has 0 aromatic heterocycles. The first-order valence-corrected chi connectivity index (χ1v) is 11.8. The third-order valence-corrected chi connectivity index (χ3v) is 10.1. The fraction of sp³-hybridized carbons (Fsp3) is 0.840. The summed E-state index contributed by atoms with van der Waals surface area (Å²) in [5.74, 6) is 1.56. The van der Waals surface area contributed by atoms with Gasteiger partial charge in [-0.15, -0.1) is 0 Å². The predicted octanol–water partition coefficient (Wildman–Crippen LogP) is 5.06. The Balaban J connectivity index is 1.55. The molecule has 1 aliphatic heterocycles. The number of allylic oxidation sites excluding steroid dienone is 1. The van der Waals surface area contributed by atoms with Crippen molar-refractivity contribution in [1.29, 1.82) is 0 Å². The summed E-state index contributed by atoms with van der Waals surface area (Å²) in [5.41, 5.74) is 1.47. The van der Waals surface area contributed by atoms with Crippen molar-refractivity contribution in [3.8, 4) is 0 Å². The van der Waals surface area contributed by atoms with E-state index in [1.165, 1.54) is 12.0 Å². The Labute approximate surface area is 174 Å². The number of ether oxygens (including phenoxy) is 2. The number of Topliss-reactive ketones (excluding diaryl/α,β-unsaturated/α-hetero) is 1. The lowest BCUT2D eigenvalue weighted by atomic mass is 9.43. The van der Waals surface area contributed by atoms with E-state index in [1.807, 2.05) is 6.08 Å². The highest BCUT2D eigenvalue weighted by atomic mass is 16.9. The lowest BCUT2D eigenvalue weighted by Gasteiger charge is -2.63. The summed E-state index contributed by atoms with van der Waals surface area (Å²) in [7, 11) is 0. The summed E-state index contributed by atoms with van der Waals surface area (Å²) in [5, 5.41) is 0. The first kappa shape index (κ1) is 19.9. The Morgan fingerprint density at radius 1 is 1.14 bits per heavy atom. The van der Waals surface area contributed by atoms with Crippen LogP contribution in [0.5, 0.6) is 0 Å². The Kier molecular flexibility index (Phi) is 4.47. The van der Waals surface area contributed by atoms with Gasteiger partial charge in [-0.2, -0.15) is 0 Å². The van der Waals surface area contributed by atoms with Crippen LogP contribution in [0.3, 0.4) is 0 Å². The fourth-order valence-corrected chi connectivity index (χ4v) is 8.78. The molecule has 1 heterocycles. The summed E-state index contributed by atoms with van der Waals surface area (Å²) >= 11 is 0. The van der Waals surface area contributed by atoms with E-state index in [0.29, 0.717) is 23.5 Å². The molecule has 7 atom stereocenters. The first-order valence-electron chi connectivity index (χ1n) is 11.8. The number of fused-ring (bicyclic) bond motifs is 5. The van der Waals surface area contributed by atoms with Crippen molar-refractivity contribution in [3.63, 3.8) is 0 Å². The maximum atomic E-state index is 13.0. The predicted molar refractivity (Wildman–Crippen MR) is 110 cm³/mol. The minimum Gasteiger partial charge on any atom is -0.316 e. The maximum Gasteiger partial charge on any atom is 0.240 e. The molecule has 4 fully saturated rings. The van der Waals surface area contributed by atoms with Crippen LogP contribution >= 0.6 is 0 Å². The van der Waals surface area contributed by atoms with E-state index in [1.54, 1.807) is 6.92 Å². The van der Waals surface area contributed by atoms with Gasteiger partial charge < -0.3 is 9.47 Å². The monoisotopic (exact) mass is 400 g/mol. The van der Waals surface area contributed by atoms with Gasteiger partial charge in [0.2, 0.25) is 11.6 Å². The second-order valence-corrected chi connectivity index (χ2v) is 10.9. The van der Waals surface area contributed by atoms with E-state index >= 15 is 0 Å². The van der Waals surface area contributed by atoms with Crippen LogP contribution < -0.4 is 0 Å². The van der Waals surface area contributed by atoms with Gasteiger partial charge in [0.05, 0.1) is 0 Å². The normalized spacial score (nSPS) is 47.7. The van der Waals surface area contributed by atoms with Crippen molar-refractivity contribution in [3.05, 3.63) is 11.6 Å². The number of hydrogen-bond donors (Lipinski definition) is 0. The molecule has 5 aliphatic rings. The van der Waals surface area contributed by atoms with Crippen molar-refractivity contribution < 1.29 is 19.1 Å². The Hall–Kier alpha value is -1.00. The highest BCUT2D eigenvalue weighted by Gasteiger charge is 2.68. The number of hydrogen-bond acceptors (Lipinski definition) is 4. The Morgan fingerprint density at radius 2 is 1.90 bits per heavy atom. The largest absolute Gasteiger partial charge is 0.316 e. The molecule has 4 nitrogen and oxygen atoms in total. The van der Waals surface area contributed by atoms with Crippen LogP contribution in [0.4, 0.5) is 0 Å². The van der Waals surface area contributed by atoms with Gasteiger partial charge in [-0.25, -0.2) is 0 Å². The second-order valence-electron chi connectivity index (χ2n) is 10.9. The van der Waals surface area contributed by atoms with Crippen molar-refractivity contribution in [2.45, 2.75) is 84.8 Å². The molecule has 5 rings (SSSR count). The quantitative estimate of drug-likeness (QED) is 0.664. The molecule has 3 saturated carbocycles. The van der Waals surface area contributed by atoms with Crippen LogP contribution in [0.1, 0.15) is 79.1 Å². The van der Waals surface area contributed by atoms with Gasteiger partial charge in [0.1, 0.15) is 5.78 Å². The van der Waals surface area contributed by atoms with E-state index in [0.717, 1.165) is 44.9 Å². The summed E-state index contributed by atoms with van der Waals surface area (Å²) in [6.45, 7) is 9.04. The van der Waals surface area contributed by atoms with Crippen molar-refractivity contribution >= 4 is 11.6 Å². The van der Waals surface area contributed by atoms with Crippen molar-refractivity contribution in [2.75, 3.05) is 6.79 Å². The van der Waals surface area contributed by atoms with Crippen LogP contribution in [0.2, 0.25) is 0 Å². The van der Waals surface area contributed by atoms with Crippen LogP contribution in [0.15, 0.2) is 11.6 Å². The van der Waals surface area contributed by atoms with Gasteiger partial charge in [0.25, 0.3) is 0 Å². The van der Waals surface area contributed by atoms with E-state index < -0.39 is 5.79 Å². The van der Waals surface area contributed by atoms with Gasteiger partial charge in [0, 0.05) is 17.3 Å². The number of carbonyl (C=O) groups is 2. The average molecular weight is 401 g/mol.